The number of aryl methyl sites for hydroxylation is 2. The summed E-state index contributed by atoms with van der Waals surface area (Å²) < 4.78 is 0. The SMILES string of the molecule is Cc1cc(C)c2c(c1)NC(=O)C2S. The van der Waals surface area contributed by atoms with Gasteiger partial charge in [0.05, 0.1) is 0 Å². The molecule has 0 bridgehead atoms. The Morgan fingerprint density at radius 2 is 2.08 bits per heavy atom. The van der Waals surface area contributed by atoms with Crippen molar-refractivity contribution in [1.82, 2.24) is 0 Å². The molecule has 1 heterocycles. The van der Waals surface area contributed by atoms with Crippen molar-refractivity contribution in [2.45, 2.75) is 19.1 Å². The van der Waals surface area contributed by atoms with E-state index in [4.69, 9.17) is 0 Å². The van der Waals surface area contributed by atoms with Gasteiger partial charge in [-0.25, -0.2) is 0 Å². The molecule has 2 rings (SSSR count). The maximum Gasteiger partial charge on any atom is 0.241 e. The number of benzene rings is 1. The van der Waals surface area contributed by atoms with Gasteiger partial charge in [0.1, 0.15) is 5.25 Å². The monoisotopic (exact) mass is 193 g/mol. The standard InChI is InChI=1S/C10H11NOS/c1-5-3-6(2)8-7(4-5)11-10(12)9(8)13/h3-4,9,13H,1-2H3,(H,11,12). The van der Waals surface area contributed by atoms with Crippen molar-refractivity contribution in [3.63, 3.8) is 0 Å². The molecule has 0 aliphatic carbocycles. The highest BCUT2D eigenvalue weighted by atomic mass is 32.1. The molecule has 3 heteroatoms. The molecule has 1 aliphatic heterocycles. The Morgan fingerprint density at radius 1 is 1.38 bits per heavy atom. The predicted molar refractivity (Wildman–Crippen MR) is 56.3 cm³/mol. The van der Waals surface area contributed by atoms with E-state index >= 15 is 0 Å². The molecule has 1 atom stereocenters. The van der Waals surface area contributed by atoms with Crippen LogP contribution in [0.15, 0.2) is 12.1 Å². The van der Waals surface area contributed by atoms with Gasteiger partial charge in [-0.2, -0.15) is 12.6 Å². The van der Waals surface area contributed by atoms with E-state index in [9.17, 15) is 4.79 Å². The summed E-state index contributed by atoms with van der Waals surface area (Å²) in [5.74, 6) is -0.0213. The number of hydrogen-bond acceptors (Lipinski definition) is 2. The number of carbonyl (C=O) groups is 1. The molecule has 2 nitrogen and oxygen atoms in total. The van der Waals surface area contributed by atoms with E-state index in [2.05, 4.69) is 24.0 Å². The minimum absolute atomic E-state index is 0.0213. The largest absolute Gasteiger partial charge is 0.325 e. The maximum atomic E-state index is 11.3. The fraction of sp³-hybridized carbons (Fsp3) is 0.300. The van der Waals surface area contributed by atoms with Gasteiger partial charge in [-0.3, -0.25) is 4.79 Å². The summed E-state index contributed by atoms with van der Waals surface area (Å²) in [5.41, 5.74) is 4.24. The van der Waals surface area contributed by atoms with Crippen molar-refractivity contribution in [3.8, 4) is 0 Å². The highest BCUT2D eigenvalue weighted by molar-refractivity contribution is 7.81. The van der Waals surface area contributed by atoms with Crippen LogP contribution < -0.4 is 5.32 Å². The fourth-order valence-electron chi connectivity index (χ4n) is 1.78. The smallest absolute Gasteiger partial charge is 0.241 e. The van der Waals surface area contributed by atoms with Crippen LogP contribution in [0.25, 0.3) is 0 Å². The Hall–Kier alpha value is -0.960. The van der Waals surface area contributed by atoms with Gasteiger partial charge in [-0.15, -0.1) is 0 Å². The molecule has 13 heavy (non-hydrogen) atoms. The Bertz CT molecular complexity index is 387. The second-order valence-corrected chi connectivity index (χ2v) is 3.95. The van der Waals surface area contributed by atoms with Crippen LogP contribution in [-0.2, 0) is 4.79 Å². The first-order valence-electron chi connectivity index (χ1n) is 4.19. The molecule has 0 saturated carbocycles. The molecular formula is C10H11NOS. The van der Waals surface area contributed by atoms with Crippen LogP contribution in [0.4, 0.5) is 5.69 Å². The van der Waals surface area contributed by atoms with Crippen molar-refractivity contribution in [2.75, 3.05) is 5.32 Å². The lowest BCUT2D eigenvalue weighted by Gasteiger charge is -2.06. The van der Waals surface area contributed by atoms with E-state index in [-0.39, 0.29) is 11.2 Å². The lowest BCUT2D eigenvalue weighted by Crippen LogP contribution is -2.06. The summed E-state index contributed by atoms with van der Waals surface area (Å²) in [7, 11) is 0. The number of amides is 1. The third kappa shape index (κ3) is 1.23. The zero-order valence-corrected chi connectivity index (χ0v) is 8.48. The van der Waals surface area contributed by atoms with Crippen LogP contribution >= 0.6 is 12.6 Å². The van der Waals surface area contributed by atoms with E-state index in [1.807, 2.05) is 19.9 Å². The maximum absolute atomic E-state index is 11.3. The highest BCUT2D eigenvalue weighted by Crippen LogP contribution is 2.37. The Kier molecular flexibility index (Phi) is 1.84. The number of fused-ring (bicyclic) bond motifs is 1. The van der Waals surface area contributed by atoms with E-state index in [0.29, 0.717) is 0 Å². The topological polar surface area (TPSA) is 29.1 Å². The number of rotatable bonds is 0. The normalized spacial score (nSPS) is 19.9. The summed E-state index contributed by atoms with van der Waals surface area (Å²) in [6, 6.07) is 4.05. The molecule has 0 fully saturated rings. The molecule has 0 spiro atoms. The second-order valence-electron chi connectivity index (χ2n) is 3.43. The highest BCUT2D eigenvalue weighted by Gasteiger charge is 2.28. The van der Waals surface area contributed by atoms with Gasteiger partial charge in [0, 0.05) is 11.3 Å². The number of nitrogens with one attached hydrogen (secondary N) is 1. The van der Waals surface area contributed by atoms with Gasteiger partial charge < -0.3 is 5.32 Å². The van der Waals surface area contributed by atoms with E-state index in [1.54, 1.807) is 0 Å². The predicted octanol–water partition coefficient (Wildman–Crippen LogP) is 2.23. The van der Waals surface area contributed by atoms with Crippen molar-refractivity contribution in [3.05, 3.63) is 28.8 Å². The van der Waals surface area contributed by atoms with Crippen LogP contribution in [-0.4, -0.2) is 5.91 Å². The Balaban J connectivity index is 2.64. The number of hydrogen-bond donors (Lipinski definition) is 2. The Morgan fingerprint density at radius 3 is 2.77 bits per heavy atom. The van der Waals surface area contributed by atoms with Gasteiger partial charge in [-0.05, 0) is 31.0 Å². The first-order valence-corrected chi connectivity index (χ1v) is 4.71. The molecule has 1 amide bonds. The fourth-order valence-corrected chi connectivity index (χ4v) is 2.18. The minimum atomic E-state index is -0.296. The molecular weight excluding hydrogens is 182 g/mol. The van der Waals surface area contributed by atoms with Crippen LogP contribution in [0.3, 0.4) is 0 Å². The molecule has 0 radical (unpaired) electrons. The van der Waals surface area contributed by atoms with Crippen molar-refractivity contribution in [2.24, 2.45) is 0 Å². The van der Waals surface area contributed by atoms with E-state index in [0.717, 1.165) is 16.8 Å². The Labute approximate surface area is 82.8 Å². The lowest BCUT2D eigenvalue weighted by atomic mass is 10.0. The van der Waals surface area contributed by atoms with E-state index in [1.165, 1.54) is 5.56 Å². The minimum Gasteiger partial charge on any atom is -0.325 e. The number of carbonyl (C=O) groups excluding carboxylic acids is 1. The van der Waals surface area contributed by atoms with Crippen molar-refractivity contribution in [1.29, 1.82) is 0 Å². The van der Waals surface area contributed by atoms with Crippen LogP contribution in [0.2, 0.25) is 0 Å². The second kappa shape index (κ2) is 2.77. The van der Waals surface area contributed by atoms with Gasteiger partial charge in [0.2, 0.25) is 5.91 Å². The van der Waals surface area contributed by atoms with Crippen molar-refractivity contribution >= 4 is 24.2 Å². The summed E-state index contributed by atoms with van der Waals surface area (Å²) >= 11 is 4.26. The third-order valence-electron chi connectivity index (χ3n) is 2.31. The average molecular weight is 193 g/mol. The summed E-state index contributed by atoms with van der Waals surface area (Å²) in [4.78, 5) is 11.3. The number of thiol groups is 1. The zero-order valence-electron chi connectivity index (χ0n) is 7.59. The van der Waals surface area contributed by atoms with Gasteiger partial charge >= 0.3 is 0 Å². The molecule has 1 aliphatic rings. The summed E-state index contributed by atoms with van der Waals surface area (Å²) in [6.45, 7) is 4.03. The zero-order chi connectivity index (χ0) is 9.59. The molecule has 1 N–H and O–H groups in total. The summed E-state index contributed by atoms with van der Waals surface area (Å²) in [6.07, 6.45) is 0. The van der Waals surface area contributed by atoms with Gasteiger partial charge in [0.25, 0.3) is 0 Å². The first-order chi connectivity index (χ1) is 6.09. The molecule has 68 valence electrons. The number of anilines is 1. The quantitative estimate of drug-likeness (QED) is 0.608. The summed E-state index contributed by atoms with van der Waals surface area (Å²) in [5, 5.41) is 2.52. The van der Waals surface area contributed by atoms with Crippen LogP contribution in [0.5, 0.6) is 0 Å². The third-order valence-corrected chi connectivity index (χ3v) is 2.80. The molecule has 1 aromatic rings. The lowest BCUT2D eigenvalue weighted by molar-refractivity contribution is -0.115. The van der Waals surface area contributed by atoms with Gasteiger partial charge in [-0.1, -0.05) is 6.07 Å². The van der Waals surface area contributed by atoms with Crippen LogP contribution in [0.1, 0.15) is 21.9 Å². The van der Waals surface area contributed by atoms with Crippen molar-refractivity contribution < 1.29 is 4.79 Å². The van der Waals surface area contributed by atoms with Crippen LogP contribution in [0, 0.1) is 13.8 Å². The molecule has 1 aromatic carbocycles. The molecule has 1 unspecified atom stereocenters. The van der Waals surface area contributed by atoms with Gasteiger partial charge in [0.15, 0.2) is 0 Å². The first kappa shape index (κ1) is 8.63. The average Bonchev–Trinajstić information content (AvgIpc) is 2.27. The molecule has 0 saturated heterocycles. The molecule has 0 aromatic heterocycles. The van der Waals surface area contributed by atoms with E-state index < -0.39 is 0 Å².